The molecule has 1 aromatic heterocycles. The Hall–Kier alpha value is -3.00. The van der Waals surface area contributed by atoms with Crippen LogP contribution in [0.4, 0.5) is 5.69 Å². The number of rotatable bonds is 3. The van der Waals surface area contributed by atoms with Crippen LogP contribution in [0.2, 0.25) is 0 Å². The molecule has 1 aliphatic heterocycles. The van der Waals surface area contributed by atoms with Gasteiger partial charge in [-0.1, -0.05) is 6.07 Å². The van der Waals surface area contributed by atoms with Crippen molar-refractivity contribution in [2.45, 2.75) is 13.3 Å². The Bertz CT molecular complexity index is 1010. The topological polar surface area (TPSA) is 110 Å². The van der Waals surface area contributed by atoms with Crippen molar-refractivity contribution >= 4 is 51.6 Å². The van der Waals surface area contributed by atoms with Gasteiger partial charge in [-0.3, -0.25) is 29.1 Å². The predicted molar refractivity (Wildman–Crippen MR) is 92.1 cm³/mol. The molecule has 128 valence electrons. The summed E-state index contributed by atoms with van der Waals surface area (Å²) in [6.45, 7) is 1.58. The van der Waals surface area contributed by atoms with E-state index in [4.69, 9.17) is 11.6 Å². The number of alkyl halides is 1. The summed E-state index contributed by atoms with van der Waals surface area (Å²) in [5.41, 5.74) is 0.125. The molecular weight excluding hydrogens is 348 g/mol. The van der Waals surface area contributed by atoms with Crippen LogP contribution in [0.3, 0.4) is 0 Å². The Labute approximate surface area is 146 Å². The fraction of sp³-hybridized carbons (Fsp3) is 0.188. The van der Waals surface area contributed by atoms with Gasteiger partial charge < -0.3 is 5.32 Å². The normalized spacial score (nSPS) is 14.2. The third-order valence-electron chi connectivity index (χ3n) is 3.67. The second-order valence-corrected chi connectivity index (χ2v) is 5.62. The number of imide groups is 1. The van der Waals surface area contributed by atoms with Gasteiger partial charge in [0.25, 0.3) is 11.5 Å². The Balaban J connectivity index is 2.26. The fourth-order valence-corrected chi connectivity index (χ4v) is 2.70. The summed E-state index contributed by atoms with van der Waals surface area (Å²) >= 11 is 5.50. The van der Waals surface area contributed by atoms with Gasteiger partial charge in [0.05, 0.1) is 16.6 Å². The Kier molecular flexibility index (Phi) is 4.37. The number of anilines is 1. The first kappa shape index (κ1) is 16.8. The number of hydrogen-bond donors (Lipinski definition) is 2. The average molecular weight is 361 g/mol. The predicted octanol–water partition coefficient (Wildman–Crippen LogP) is 0.770. The molecule has 9 heteroatoms. The molecule has 2 aromatic rings. The van der Waals surface area contributed by atoms with Gasteiger partial charge in [0, 0.05) is 6.42 Å². The Morgan fingerprint density at radius 2 is 2.12 bits per heavy atom. The molecular formula is C16H13ClN4O4. The summed E-state index contributed by atoms with van der Waals surface area (Å²) in [5.74, 6) is -1.57. The summed E-state index contributed by atoms with van der Waals surface area (Å²) in [4.78, 5) is 52.3. The van der Waals surface area contributed by atoms with E-state index in [-0.39, 0.29) is 34.9 Å². The lowest BCUT2D eigenvalue weighted by Gasteiger charge is -2.17. The number of nitrogens with one attached hydrogen (secondary N) is 2. The van der Waals surface area contributed by atoms with Crippen molar-refractivity contribution in [2.75, 3.05) is 11.2 Å². The lowest BCUT2D eigenvalue weighted by molar-refractivity contribution is -0.128. The summed E-state index contributed by atoms with van der Waals surface area (Å²) in [6, 6.07) is 4.82. The zero-order valence-electron chi connectivity index (χ0n) is 13.1. The molecule has 1 aliphatic rings. The third kappa shape index (κ3) is 3.03. The second kappa shape index (κ2) is 6.48. The van der Waals surface area contributed by atoms with Gasteiger partial charge in [0.2, 0.25) is 11.8 Å². The minimum atomic E-state index is -0.676. The monoisotopic (exact) mass is 360 g/mol. The van der Waals surface area contributed by atoms with E-state index in [1.807, 2.05) is 0 Å². The minimum Gasteiger partial charge on any atom is -0.324 e. The molecule has 2 N–H and O–H groups in total. The highest BCUT2D eigenvalue weighted by Gasteiger charge is 2.24. The van der Waals surface area contributed by atoms with Crippen molar-refractivity contribution in [3.8, 4) is 0 Å². The van der Waals surface area contributed by atoms with Crippen LogP contribution in [0, 0.1) is 6.92 Å². The molecule has 0 bridgehead atoms. The zero-order valence-corrected chi connectivity index (χ0v) is 13.9. The summed E-state index contributed by atoms with van der Waals surface area (Å²) in [7, 11) is 0. The number of benzene rings is 1. The van der Waals surface area contributed by atoms with E-state index in [9.17, 15) is 19.2 Å². The van der Waals surface area contributed by atoms with Gasteiger partial charge in [0.1, 0.15) is 17.4 Å². The van der Waals surface area contributed by atoms with Crippen LogP contribution >= 0.6 is 11.6 Å². The first-order valence-electron chi connectivity index (χ1n) is 7.35. The van der Waals surface area contributed by atoms with Crippen LogP contribution in [-0.4, -0.2) is 33.2 Å². The number of aromatic nitrogens is 2. The summed E-state index contributed by atoms with van der Waals surface area (Å²) < 4.78 is 1.13. The van der Waals surface area contributed by atoms with E-state index in [1.54, 1.807) is 25.1 Å². The maximum absolute atomic E-state index is 13.0. The van der Waals surface area contributed by atoms with E-state index in [2.05, 4.69) is 15.6 Å². The number of amides is 3. The Morgan fingerprint density at radius 1 is 1.36 bits per heavy atom. The summed E-state index contributed by atoms with van der Waals surface area (Å²) in [6.07, 6.45) is 1.36. The molecule has 3 amide bonds. The lowest BCUT2D eigenvalue weighted by atomic mass is 10.1. The number of carbonyl (C=O) groups is 3. The fourth-order valence-electron chi connectivity index (χ4n) is 2.63. The van der Waals surface area contributed by atoms with Crippen LogP contribution in [0.5, 0.6) is 0 Å². The maximum atomic E-state index is 13.0. The molecule has 0 spiro atoms. The molecule has 8 nitrogen and oxygen atoms in total. The van der Waals surface area contributed by atoms with Crippen molar-refractivity contribution in [2.24, 2.45) is 0 Å². The van der Waals surface area contributed by atoms with Crippen LogP contribution < -0.4 is 16.2 Å². The van der Waals surface area contributed by atoms with E-state index in [1.165, 1.54) is 6.08 Å². The first-order chi connectivity index (χ1) is 11.9. The number of nitrogens with zero attached hydrogens (tertiary/aromatic N) is 2. The van der Waals surface area contributed by atoms with Gasteiger partial charge in [-0.2, -0.15) is 0 Å². The van der Waals surface area contributed by atoms with Crippen molar-refractivity contribution < 1.29 is 14.4 Å². The number of aryl methyl sites for hydroxylation is 1. The van der Waals surface area contributed by atoms with Crippen molar-refractivity contribution in [3.63, 3.8) is 0 Å². The summed E-state index contributed by atoms with van der Waals surface area (Å²) in [5, 5.41) is 4.86. The molecule has 0 fully saturated rings. The molecule has 0 saturated heterocycles. The van der Waals surface area contributed by atoms with Crippen molar-refractivity contribution in [1.29, 1.82) is 0 Å². The van der Waals surface area contributed by atoms with Gasteiger partial charge in [-0.05, 0) is 25.1 Å². The third-order valence-corrected chi connectivity index (χ3v) is 3.91. The van der Waals surface area contributed by atoms with Crippen LogP contribution in [0.15, 0.2) is 29.1 Å². The molecule has 25 heavy (non-hydrogen) atoms. The number of fused-ring (bicyclic) bond motifs is 1. The van der Waals surface area contributed by atoms with E-state index in [0.29, 0.717) is 5.52 Å². The minimum absolute atomic E-state index is 0.0182. The molecule has 3 rings (SSSR count). The first-order valence-corrected chi connectivity index (χ1v) is 7.88. The van der Waals surface area contributed by atoms with E-state index >= 15 is 0 Å². The molecule has 0 radical (unpaired) electrons. The van der Waals surface area contributed by atoms with Gasteiger partial charge in [-0.25, -0.2) is 4.98 Å². The zero-order chi connectivity index (χ0) is 18.1. The number of hydrogen-bond acceptors (Lipinski definition) is 5. The highest BCUT2D eigenvalue weighted by molar-refractivity contribution is 6.29. The smallest absolute Gasteiger partial charge is 0.274 e. The van der Waals surface area contributed by atoms with Crippen LogP contribution in [0.1, 0.15) is 12.2 Å². The van der Waals surface area contributed by atoms with Crippen LogP contribution in [0.25, 0.3) is 16.6 Å². The lowest BCUT2D eigenvalue weighted by Crippen LogP contribution is -2.39. The highest BCUT2D eigenvalue weighted by Crippen LogP contribution is 2.21. The van der Waals surface area contributed by atoms with Crippen molar-refractivity contribution in [1.82, 2.24) is 14.9 Å². The molecule has 2 heterocycles. The van der Waals surface area contributed by atoms with E-state index in [0.717, 1.165) is 4.57 Å². The maximum Gasteiger partial charge on any atom is 0.274 e. The SMILES string of the molecule is Cc1nc2cccc(NC(=O)CCl)c2c(=O)n1C1=CCC(=O)NC1=O. The van der Waals surface area contributed by atoms with Crippen molar-refractivity contribution in [3.05, 3.63) is 40.5 Å². The molecule has 0 atom stereocenters. The largest absolute Gasteiger partial charge is 0.324 e. The number of halogens is 1. The molecule has 0 saturated carbocycles. The van der Waals surface area contributed by atoms with Gasteiger partial charge >= 0.3 is 0 Å². The Morgan fingerprint density at radius 3 is 2.80 bits per heavy atom. The highest BCUT2D eigenvalue weighted by atomic mass is 35.5. The molecule has 0 aliphatic carbocycles. The van der Waals surface area contributed by atoms with Crippen LogP contribution in [-0.2, 0) is 14.4 Å². The average Bonchev–Trinajstić information content (AvgIpc) is 2.56. The standard InChI is InChI=1S/C16H13ClN4O4/c1-8-18-9-3-2-4-10(19-13(23)7-17)14(9)16(25)21(8)11-5-6-12(22)20-15(11)24/h2-5H,6-7H2,1H3,(H,19,23)(H,20,22,24). The quantitative estimate of drug-likeness (QED) is 0.620. The second-order valence-electron chi connectivity index (χ2n) is 5.35. The molecule has 0 unspecified atom stereocenters. The molecule has 1 aromatic carbocycles. The van der Waals surface area contributed by atoms with Gasteiger partial charge in [0.15, 0.2) is 0 Å². The number of carbonyl (C=O) groups excluding carboxylic acids is 3. The van der Waals surface area contributed by atoms with Gasteiger partial charge in [-0.15, -0.1) is 11.6 Å². The van der Waals surface area contributed by atoms with E-state index < -0.39 is 23.3 Å².